The lowest BCUT2D eigenvalue weighted by Gasteiger charge is -2.13. The summed E-state index contributed by atoms with van der Waals surface area (Å²) in [5, 5.41) is 13.5. The summed E-state index contributed by atoms with van der Waals surface area (Å²) in [7, 11) is 0. The number of nitrogens with zero attached hydrogens (tertiary/aromatic N) is 1. The minimum Gasteiger partial charge on any atom is -0.271 e. The van der Waals surface area contributed by atoms with Crippen LogP contribution in [0.4, 0.5) is 0 Å². The van der Waals surface area contributed by atoms with Crippen LogP contribution in [0.15, 0.2) is 46.0 Å². The third-order valence-electron chi connectivity index (χ3n) is 9.52. The minimum absolute atomic E-state index is 0.0576. The maximum Gasteiger partial charge on any atom is 0.262 e. The van der Waals surface area contributed by atoms with Gasteiger partial charge in [-0.15, -0.1) is 0 Å². The maximum atomic E-state index is 14.3. The van der Waals surface area contributed by atoms with Gasteiger partial charge in [0, 0.05) is 6.04 Å². The molecule has 1 unspecified atom stereocenters. The Labute approximate surface area is 228 Å². The first kappa shape index (κ1) is 24.6. The first-order valence-corrected chi connectivity index (χ1v) is 15.2. The van der Waals surface area contributed by atoms with Crippen LogP contribution in [0.1, 0.15) is 89.8 Å². The van der Waals surface area contributed by atoms with E-state index in [9.17, 15) is 9.59 Å². The summed E-state index contributed by atoms with van der Waals surface area (Å²) in [4.78, 5) is 28.6. The zero-order valence-corrected chi connectivity index (χ0v) is 23.7. The number of aryl methyl sites for hydroxylation is 2. The van der Waals surface area contributed by atoms with Crippen molar-refractivity contribution < 1.29 is 0 Å². The van der Waals surface area contributed by atoms with Gasteiger partial charge >= 0.3 is 0 Å². The number of fused-ring (bicyclic) bond motifs is 3. The molecule has 1 heterocycles. The molecule has 0 saturated carbocycles. The van der Waals surface area contributed by atoms with E-state index in [4.69, 9.17) is 0 Å². The van der Waals surface area contributed by atoms with E-state index in [1.165, 1.54) is 54.2 Å². The molecule has 7 rings (SSSR count). The van der Waals surface area contributed by atoms with Crippen LogP contribution >= 0.6 is 0 Å². The highest BCUT2D eigenvalue weighted by atomic mass is 16.2. The van der Waals surface area contributed by atoms with E-state index in [2.05, 4.69) is 64.1 Å². The van der Waals surface area contributed by atoms with Gasteiger partial charge in [0.2, 0.25) is 0 Å². The lowest BCUT2D eigenvalue weighted by atomic mass is 9.90. The summed E-state index contributed by atoms with van der Waals surface area (Å²) in [6.45, 7) is 8.69. The van der Waals surface area contributed by atoms with Crippen molar-refractivity contribution in [2.45, 2.75) is 91.5 Å². The quantitative estimate of drug-likeness (QED) is 0.170. The summed E-state index contributed by atoms with van der Waals surface area (Å²) >= 11 is 0. The van der Waals surface area contributed by atoms with Crippen molar-refractivity contribution in [3.05, 3.63) is 68.2 Å². The molecule has 0 saturated heterocycles. The van der Waals surface area contributed by atoms with E-state index in [1.807, 2.05) is 0 Å². The van der Waals surface area contributed by atoms with Gasteiger partial charge in [-0.25, -0.2) is 0 Å². The zero-order valence-electron chi connectivity index (χ0n) is 23.7. The lowest BCUT2D eigenvalue weighted by molar-refractivity contribution is 0.433. The Bertz CT molecular complexity index is 1940. The predicted molar refractivity (Wildman–Crippen MR) is 168 cm³/mol. The van der Waals surface area contributed by atoms with E-state index < -0.39 is 0 Å². The largest absolute Gasteiger partial charge is 0.271 e. The Hall–Kier alpha value is -3.46. The molecule has 6 aromatic carbocycles. The predicted octanol–water partition coefficient (Wildman–Crippen LogP) is 9.32. The van der Waals surface area contributed by atoms with Crippen molar-refractivity contribution in [2.24, 2.45) is 0 Å². The van der Waals surface area contributed by atoms with Crippen molar-refractivity contribution in [3.8, 4) is 0 Å². The zero-order chi connectivity index (χ0) is 27.0. The number of hydrogen-bond donors (Lipinski definition) is 0. The minimum atomic E-state index is -0.0867. The van der Waals surface area contributed by atoms with E-state index >= 15 is 0 Å². The van der Waals surface area contributed by atoms with Crippen molar-refractivity contribution in [2.75, 3.05) is 0 Å². The summed E-state index contributed by atoms with van der Waals surface area (Å²) in [5.74, 6) is 0. The summed E-state index contributed by atoms with van der Waals surface area (Å²) in [5.41, 5.74) is 2.43. The second-order valence-electron chi connectivity index (χ2n) is 11.8. The molecular formula is C36H37NO2. The molecule has 3 nitrogen and oxygen atoms in total. The molecule has 0 aliphatic rings. The van der Waals surface area contributed by atoms with Gasteiger partial charge in [-0.1, -0.05) is 71.2 Å². The van der Waals surface area contributed by atoms with Crippen LogP contribution in [0.5, 0.6) is 0 Å². The first-order chi connectivity index (χ1) is 19.0. The van der Waals surface area contributed by atoms with E-state index in [1.54, 1.807) is 4.57 Å². The van der Waals surface area contributed by atoms with Crippen LogP contribution in [0.2, 0.25) is 0 Å². The molecule has 0 radical (unpaired) electrons. The van der Waals surface area contributed by atoms with Gasteiger partial charge in [0.1, 0.15) is 0 Å². The molecule has 1 atom stereocenters. The number of aromatic nitrogens is 1. The number of benzene rings is 5. The molecular weight excluding hydrogens is 478 g/mol. The molecule has 3 heteroatoms. The fourth-order valence-corrected chi connectivity index (χ4v) is 7.68. The van der Waals surface area contributed by atoms with Gasteiger partial charge in [0.25, 0.3) is 11.1 Å². The van der Waals surface area contributed by atoms with E-state index in [-0.39, 0.29) is 17.2 Å². The third-order valence-corrected chi connectivity index (χ3v) is 9.52. The van der Waals surface area contributed by atoms with Gasteiger partial charge in [-0.2, -0.15) is 0 Å². The maximum absolute atomic E-state index is 14.3. The van der Waals surface area contributed by atoms with E-state index in [0.29, 0.717) is 10.8 Å². The highest BCUT2D eigenvalue weighted by Crippen LogP contribution is 2.51. The summed E-state index contributed by atoms with van der Waals surface area (Å²) in [6, 6.07) is 13.6. The van der Waals surface area contributed by atoms with E-state index in [0.717, 1.165) is 68.6 Å². The standard InChI is InChI=1S/C36H37NO2/c1-5-9-12-21-18-26-31-29-24(21)16-14-20-15-17-25-22(13-10-6-2)19-27(32(31)30(25)28(20)29)34-33(26)35(38)37(36(34)39)23(8-4)11-7-3/h14-19,23H,5-13H2,1-4H3. The highest BCUT2D eigenvalue weighted by molar-refractivity contribution is 6.48. The Kier molecular flexibility index (Phi) is 5.70. The number of hydrogen-bond acceptors (Lipinski definition) is 2. The van der Waals surface area contributed by atoms with Gasteiger partial charge in [0.05, 0.1) is 10.8 Å². The van der Waals surface area contributed by atoms with Crippen LogP contribution in [0, 0.1) is 0 Å². The normalized spacial score (nSPS) is 13.6. The Morgan fingerprint density at radius 3 is 1.51 bits per heavy atom. The lowest BCUT2D eigenvalue weighted by Crippen LogP contribution is -2.29. The molecule has 1 aromatic heterocycles. The molecule has 0 N–H and O–H groups in total. The molecule has 198 valence electrons. The fraction of sp³-hybridized carbons (Fsp3) is 0.389. The molecule has 7 aromatic rings. The molecule has 0 aliphatic heterocycles. The fourth-order valence-electron chi connectivity index (χ4n) is 7.68. The Morgan fingerprint density at radius 2 is 1.08 bits per heavy atom. The van der Waals surface area contributed by atoms with Crippen LogP contribution in [-0.4, -0.2) is 4.57 Å². The Morgan fingerprint density at radius 1 is 0.590 bits per heavy atom. The SMILES string of the molecule is CCCCc1cc2c3c(=O)n(C(CC)CCC)c(=O)c3c3cc(CCCC)c4ccc5ccc1c1c5c4c3c21. The van der Waals surface area contributed by atoms with Crippen LogP contribution in [0.3, 0.4) is 0 Å². The first-order valence-electron chi connectivity index (χ1n) is 15.2. The summed E-state index contributed by atoms with van der Waals surface area (Å²) < 4.78 is 1.62. The number of rotatable bonds is 10. The van der Waals surface area contributed by atoms with Crippen molar-refractivity contribution in [3.63, 3.8) is 0 Å². The van der Waals surface area contributed by atoms with Crippen molar-refractivity contribution in [1.82, 2.24) is 4.57 Å². The smallest absolute Gasteiger partial charge is 0.262 e. The molecule has 0 bridgehead atoms. The van der Waals surface area contributed by atoms with Gasteiger partial charge < -0.3 is 0 Å². The van der Waals surface area contributed by atoms with Crippen molar-refractivity contribution >= 4 is 64.6 Å². The molecule has 0 fully saturated rings. The average molecular weight is 516 g/mol. The monoisotopic (exact) mass is 515 g/mol. The highest BCUT2D eigenvalue weighted by Gasteiger charge is 2.29. The van der Waals surface area contributed by atoms with Crippen LogP contribution in [0.25, 0.3) is 64.6 Å². The second-order valence-corrected chi connectivity index (χ2v) is 11.8. The second kappa shape index (κ2) is 9.05. The molecule has 0 spiro atoms. The topological polar surface area (TPSA) is 39.1 Å². The number of unbranched alkanes of at least 4 members (excludes halogenated alkanes) is 2. The van der Waals surface area contributed by atoms with Gasteiger partial charge in [-0.05, 0) is 116 Å². The molecule has 39 heavy (non-hydrogen) atoms. The summed E-state index contributed by atoms with van der Waals surface area (Å²) in [6.07, 6.45) is 9.00. The van der Waals surface area contributed by atoms with Crippen LogP contribution in [-0.2, 0) is 12.8 Å². The third kappa shape index (κ3) is 3.16. The molecule has 0 amide bonds. The average Bonchev–Trinajstić information content (AvgIpc) is 3.44. The van der Waals surface area contributed by atoms with Gasteiger partial charge in [0.15, 0.2) is 0 Å². The van der Waals surface area contributed by atoms with Crippen molar-refractivity contribution in [1.29, 1.82) is 0 Å². The molecule has 0 aliphatic carbocycles. The Balaban J connectivity index is 1.78. The van der Waals surface area contributed by atoms with Gasteiger partial charge in [-0.3, -0.25) is 14.2 Å². The van der Waals surface area contributed by atoms with Crippen LogP contribution < -0.4 is 11.1 Å².